The van der Waals surface area contributed by atoms with Crippen LogP contribution in [-0.2, 0) is 4.79 Å². The van der Waals surface area contributed by atoms with E-state index in [0.717, 1.165) is 19.5 Å². The van der Waals surface area contributed by atoms with Crippen LogP contribution in [0.2, 0.25) is 0 Å². The van der Waals surface area contributed by atoms with E-state index in [9.17, 15) is 18.0 Å². The van der Waals surface area contributed by atoms with Crippen LogP contribution < -0.4 is 5.32 Å². The molecule has 3 nitrogen and oxygen atoms in total. The Morgan fingerprint density at radius 1 is 1.29 bits per heavy atom. The third-order valence-corrected chi connectivity index (χ3v) is 4.62. The standard InChI is InChI=1S/C18H25F3N2O/c1-13(2)23-9-8-14(12-23)11-22-17(24)10-16(18(19,20)21)15-6-4-3-5-7-15/h3-7,13-14,16H,8-12H2,1-2H3,(H,22,24)/t14-,16+/m0/s1. The maximum Gasteiger partial charge on any atom is 0.396 e. The molecule has 134 valence electrons. The lowest BCUT2D eigenvalue weighted by atomic mass is 9.94. The summed E-state index contributed by atoms with van der Waals surface area (Å²) in [6, 6.07) is 8.08. The van der Waals surface area contributed by atoms with Gasteiger partial charge in [-0.15, -0.1) is 0 Å². The van der Waals surface area contributed by atoms with Crippen LogP contribution in [0.1, 0.15) is 38.2 Å². The molecule has 0 unspecified atom stereocenters. The average Bonchev–Trinajstić information content (AvgIpc) is 2.99. The third kappa shape index (κ3) is 5.23. The molecule has 1 aliphatic rings. The van der Waals surface area contributed by atoms with E-state index in [1.54, 1.807) is 18.2 Å². The molecular weight excluding hydrogens is 317 g/mol. The highest BCUT2D eigenvalue weighted by atomic mass is 19.4. The second-order valence-electron chi connectivity index (χ2n) is 6.76. The number of rotatable bonds is 6. The predicted molar refractivity (Wildman–Crippen MR) is 87.7 cm³/mol. The van der Waals surface area contributed by atoms with E-state index in [-0.39, 0.29) is 5.56 Å². The van der Waals surface area contributed by atoms with Crippen molar-refractivity contribution >= 4 is 5.91 Å². The number of hydrogen-bond donors (Lipinski definition) is 1. The average molecular weight is 342 g/mol. The Kier molecular flexibility index (Phi) is 6.27. The highest BCUT2D eigenvalue weighted by Crippen LogP contribution is 2.37. The van der Waals surface area contributed by atoms with Crippen LogP contribution in [0.4, 0.5) is 13.2 Å². The van der Waals surface area contributed by atoms with Crippen LogP contribution in [0.3, 0.4) is 0 Å². The Hall–Kier alpha value is -1.56. The molecule has 1 aliphatic heterocycles. The van der Waals surface area contributed by atoms with Gasteiger partial charge < -0.3 is 10.2 Å². The van der Waals surface area contributed by atoms with Crippen molar-refractivity contribution in [3.63, 3.8) is 0 Å². The number of carbonyl (C=O) groups excluding carboxylic acids is 1. The van der Waals surface area contributed by atoms with Gasteiger partial charge in [0.25, 0.3) is 0 Å². The van der Waals surface area contributed by atoms with E-state index in [4.69, 9.17) is 0 Å². The molecule has 1 aromatic rings. The first-order valence-electron chi connectivity index (χ1n) is 8.39. The molecule has 1 aromatic carbocycles. The highest BCUT2D eigenvalue weighted by Gasteiger charge is 2.41. The lowest BCUT2D eigenvalue weighted by Gasteiger charge is -2.22. The largest absolute Gasteiger partial charge is 0.396 e. The van der Waals surface area contributed by atoms with Gasteiger partial charge in [-0.3, -0.25) is 4.79 Å². The lowest BCUT2D eigenvalue weighted by Crippen LogP contribution is -2.35. The number of amides is 1. The Bertz CT molecular complexity index is 531. The van der Waals surface area contributed by atoms with Crippen LogP contribution in [0, 0.1) is 5.92 Å². The molecule has 0 aromatic heterocycles. The van der Waals surface area contributed by atoms with Gasteiger partial charge in [0.05, 0.1) is 5.92 Å². The normalized spacial score (nSPS) is 20.3. The number of benzene rings is 1. The highest BCUT2D eigenvalue weighted by molar-refractivity contribution is 5.77. The van der Waals surface area contributed by atoms with E-state index >= 15 is 0 Å². The summed E-state index contributed by atoms with van der Waals surface area (Å²) in [5.74, 6) is -1.98. The number of carbonyl (C=O) groups is 1. The van der Waals surface area contributed by atoms with Gasteiger partial charge in [-0.1, -0.05) is 30.3 Å². The second-order valence-corrected chi connectivity index (χ2v) is 6.76. The third-order valence-electron chi connectivity index (χ3n) is 4.62. The van der Waals surface area contributed by atoms with Gasteiger partial charge in [-0.05, 0) is 38.3 Å². The smallest absolute Gasteiger partial charge is 0.356 e. The van der Waals surface area contributed by atoms with Gasteiger partial charge in [-0.2, -0.15) is 13.2 Å². The van der Waals surface area contributed by atoms with E-state index in [0.29, 0.717) is 18.5 Å². The summed E-state index contributed by atoms with van der Waals surface area (Å²) in [7, 11) is 0. The van der Waals surface area contributed by atoms with Gasteiger partial charge in [0.15, 0.2) is 0 Å². The van der Waals surface area contributed by atoms with Crippen molar-refractivity contribution in [1.29, 1.82) is 0 Å². The van der Waals surface area contributed by atoms with Crippen molar-refractivity contribution < 1.29 is 18.0 Å². The molecule has 2 atom stereocenters. The van der Waals surface area contributed by atoms with Gasteiger partial charge in [0.1, 0.15) is 0 Å². The van der Waals surface area contributed by atoms with E-state index < -0.39 is 24.4 Å². The number of hydrogen-bond acceptors (Lipinski definition) is 2. The first-order chi connectivity index (χ1) is 11.3. The molecule has 6 heteroatoms. The second kappa shape index (κ2) is 8.01. The first-order valence-corrected chi connectivity index (χ1v) is 8.39. The lowest BCUT2D eigenvalue weighted by molar-refractivity contribution is -0.157. The number of likely N-dealkylation sites (tertiary alicyclic amines) is 1. The zero-order valence-electron chi connectivity index (χ0n) is 14.1. The monoisotopic (exact) mass is 342 g/mol. The summed E-state index contributed by atoms with van der Waals surface area (Å²) in [6.07, 6.45) is -4.02. The molecule has 24 heavy (non-hydrogen) atoms. The molecule has 1 fully saturated rings. The topological polar surface area (TPSA) is 32.3 Å². The summed E-state index contributed by atoms with van der Waals surface area (Å²) < 4.78 is 39.8. The molecule has 0 radical (unpaired) electrons. The summed E-state index contributed by atoms with van der Waals surface area (Å²) >= 11 is 0. The van der Waals surface area contributed by atoms with Crippen LogP contribution in [0.5, 0.6) is 0 Å². The zero-order valence-corrected chi connectivity index (χ0v) is 14.1. The maximum absolute atomic E-state index is 13.3. The number of alkyl halides is 3. The number of nitrogens with one attached hydrogen (secondary N) is 1. The maximum atomic E-state index is 13.3. The minimum absolute atomic E-state index is 0.131. The quantitative estimate of drug-likeness (QED) is 0.857. The SMILES string of the molecule is CC(C)N1CC[C@@H](CNC(=O)C[C@H](c2ccccc2)C(F)(F)F)C1. The minimum atomic E-state index is -4.43. The van der Waals surface area contributed by atoms with Crippen LogP contribution in [0.25, 0.3) is 0 Å². The predicted octanol–water partition coefficient (Wildman–Crippen LogP) is 3.57. The molecule has 1 saturated heterocycles. The van der Waals surface area contributed by atoms with Gasteiger partial charge in [0, 0.05) is 25.6 Å². The van der Waals surface area contributed by atoms with Crippen LogP contribution in [0.15, 0.2) is 30.3 Å². The van der Waals surface area contributed by atoms with Gasteiger partial charge in [0.2, 0.25) is 5.91 Å². The van der Waals surface area contributed by atoms with Crippen molar-refractivity contribution in [2.45, 2.75) is 44.8 Å². The Labute approximate surface area is 141 Å². The Balaban J connectivity index is 1.88. The van der Waals surface area contributed by atoms with Crippen molar-refractivity contribution in [3.8, 4) is 0 Å². The van der Waals surface area contributed by atoms with Crippen molar-refractivity contribution in [1.82, 2.24) is 10.2 Å². The summed E-state index contributed by atoms with van der Waals surface area (Å²) in [5.41, 5.74) is 0.131. The number of halogens is 3. The molecular formula is C18H25F3N2O. The molecule has 0 spiro atoms. The summed E-state index contributed by atoms with van der Waals surface area (Å²) in [5, 5.41) is 2.69. The number of nitrogens with zero attached hydrogens (tertiary/aromatic N) is 1. The molecule has 0 aliphatic carbocycles. The van der Waals surface area contributed by atoms with Gasteiger partial charge in [-0.25, -0.2) is 0 Å². The van der Waals surface area contributed by atoms with E-state index in [2.05, 4.69) is 24.1 Å². The molecule has 0 bridgehead atoms. The molecule has 1 heterocycles. The molecule has 1 amide bonds. The summed E-state index contributed by atoms with van der Waals surface area (Å²) in [4.78, 5) is 14.3. The Morgan fingerprint density at radius 3 is 2.50 bits per heavy atom. The molecule has 2 rings (SSSR count). The van der Waals surface area contributed by atoms with Crippen molar-refractivity contribution in [2.75, 3.05) is 19.6 Å². The van der Waals surface area contributed by atoms with Gasteiger partial charge >= 0.3 is 6.18 Å². The van der Waals surface area contributed by atoms with Crippen LogP contribution in [-0.4, -0.2) is 42.7 Å². The molecule has 0 saturated carbocycles. The fourth-order valence-electron chi connectivity index (χ4n) is 3.12. The fourth-order valence-corrected chi connectivity index (χ4v) is 3.12. The fraction of sp³-hybridized carbons (Fsp3) is 0.611. The Morgan fingerprint density at radius 2 is 1.96 bits per heavy atom. The minimum Gasteiger partial charge on any atom is -0.356 e. The van der Waals surface area contributed by atoms with Crippen LogP contribution >= 0.6 is 0 Å². The zero-order chi connectivity index (χ0) is 17.7. The first kappa shape index (κ1) is 18.8. The van der Waals surface area contributed by atoms with Crippen molar-refractivity contribution in [2.24, 2.45) is 5.92 Å². The molecule has 1 N–H and O–H groups in total. The van der Waals surface area contributed by atoms with E-state index in [1.807, 2.05) is 0 Å². The van der Waals surface area contributed by atoms with Crippen molar-refractivity contribution in [3.05, 3.63) is 35.9 Å². The van der Waals surface area contributed by atoms with E-state index in [1.165, 1.54) is 12.1 Å². The summed E-state index contributed by atoms with van der Waals surface area (Å²) in [6.45, 7) is 6.55.